The maximum absolute atomic E-state index is 14.3. The van der Waals surface area contributed by atoms with Gasteiger partial charge in [-0.1, -0.05) is 53.8 Å². The van der Waals surface area contributed by atoms with Gasteiger partial charge in [-0.2, -0.15) is 0 Å². The number of aryl methyl sites for hydroxylation is 1. The Hall–Kier alpha value is -3.67. The van der Waals surface area contributed by atoms with E-state index in [9.17, 15) is 9.59 Å². The molecule has 222 valence electrons. The molecule has 6 nitrogen and oxygen atoms in total. The summed E-state index contributed by atoms with van der Waals surface area (Å²) in [6.45, 7) is 6.13. The maximum atomic E-state index is 14.3. The number of thioether (sulfide) groups is 1. The molecule has 0 bridgehead atoms. The minimum Gasteiger partial charge on any atom is -0.463 e. The normalized spacial score (nSPS) is 14.8. The average molecular weight is 732 g/mol. The van der Waals surface area contributed by atoms with E-state index in [1.165, 1.54) is 14.9 Å². The number of benzene rings is 3. The van der Waals surface area contributed by atoms with Crippen LogP contribution in [0.5, 0.6) is 0 Å². The average Bonchev–Trinajstić information content (AvgIpc) is 3.50. The molecule has 0 aliphatic carbocycles. The van der Waals surface area contributed by atoms with Crippen molar-refractivity contribution in [1.29, 1.82) is 0 Å². The lowest BCUT2D eigenvalue weighted by atomic mass is 9.93. The Morgan fingerprint density at radius 2 is 1.75 bits per heavy atom. The van der Waals surface area contributed by atoms with Gasteiger partial charge in [-0.3, -0.25) is 9.36 Å². The lowest BCUT2D eigenvalue weighted by molar-refractivity contribution is -0.138. The van der Waals surface area contributed by atoms with Crippen LogP contribution in [0.3, 0.4) is 0 Å². The topological polar surface area (TPSA) is 65.6 Å². The molecule has 0 radical (unpaired) electrons. The van der Waals surface area contributed by atoms with Crippen LogP contribution in [0.15, 0.2) is 105 Å². The van der Waals surface area contributed by atoms with Crippen molar-refractivity contribution >= 4 is 63.4 Å². The molecule has 0 saturated heterocycles. The van der Waals surface area contributed by atoms with Crippen LogP contribution in [0.4, 0.5) is 0 Å². The molecular formula is C35H30IN3O3S2. The van der Waals surface area contributed by atoms with Crippen molar-refractivity contribution in [3.63, 3.8) is 0 Å². The molecule has 9 heteroatoms. The summed E-state index contributed by atoms with van der Waals surface area (Å²) < 4.78 is 11.2. The quantitative estimate of drug-likeness (QED) is 0.107. The Balaban J connectivity index is 1.59. The van der Waals surface area contributed by atoms with Gasteiger partial charge < -0.3 is 9.30 Å². The first kappa shape index (κ1) is 30.4. The summed E-state index contributed by atoms with van der Waals surface area (Å²) in [4.78, 5) is 34.6. The summed E-state index contributed by atoms with van der Waals surface area (Å²) in [6, 6.07) is 27.4. The monoisotopic (exact) mass is 731 g/mol. The molecule has 1 aliphatic rings. The van der Waals surface area contributed by atoms with E-state index in [1.54, 1.807) is 23.3 Å². The fourth-order valence-corrected chi connectivity index (χ4v) is 7.36. The van der Waals surface area contributed by atoms with E-state index in [1.807, 2.05) is 66.9 Å². The van der Waals surface area contributed by atoms with Crippen molar-refractivity contribution < 1.29 is 9.53 Å². The number of esters is 1. The van der Waals surface area contributed by atoms with Crippen LogP contribution in [0.1, 0.15) is 41.0 Å². The van der Waals surface area contributed by atoms with Crippen LogP contribution in [-0.2, 0) is 9.53 Å². The molecule has 0 amide bonds. The zero-order valence-corrected chi connectivity index (χ0v) is 28.5. The molecule has 0 saturated carbocycles. The Kier molecular flexibility index (Phi) is 8.80. The molecular weight excluding hydrogens is 701 g/mol. The number of carbonyl (C=O) groups is 1. The highest BCUT2D eigenvalue weighted by atomic mass is 127. The number of ether oxygens (including phenoxy) is 1. The van der Waals surface area contributed by atoms with Crippen LogP contribution >= 0.6 is 45.7 Å². The van der Waals surface area contributed by atoms with Gasteiger partial charge in [0.15, 0.2) is 4.80 Å². The molecule has 6 rings (SSSR count). The molecule has 0 N–H and O–H groups in total. The molecule has 0 spiro atoms. The van der Waals surface area contributed by atoms with E-state index in [0.29, 0.717) is 20.6 Å². The van der Waals surface area contributed by atoms with Crippen molar-refractivity contribution in [2.24, 2.45) is 4.99 Å². The SMILES string of the molecule is CCOC(=O)C1=C(c2ccccc2)N=c2s/c(=C\c3cc(C)n(-c4ccc(I)cc4)c3C)c(=O)n2[C@H]1c1ccc(SC)cc1. The van der Waals surface area contributed by atoms with Gasteiger partial charge in [-0.15, -0.1) is 11.8 Å². The number of thiazole rings is 1. The van der Waals surface area contributed by atoms with E-state index >= 15 is 0 Å². The van der Waals surface area contributed by atoms with E-state index in [4.69, 9.17) is 9.73 Å². The number of hydrogen-bond donors (Lipinski definition) is 0. The van der Waals surface area contributed by atoms with Crippen LogP contribution in [-0.4, -0.2) is 28.0 Å². The van der Waals surface area contributed by atoms with Gasteiger partial charge >= 0.3 is 5.97 Å². The lowest BCUT2D eigenvalue weighted by Crippen LogP contribution is -2.40. The Morgan fingerprint density at radius 3 is 2.41 bits per heavy atom. The Bertz CT molecular complexity index is 2070. The zero-order chi connectivity index (χ0) is 31.0. The van der Waals surface area contributed by atoms with Crippen molar-refractivity contribution in [3.8, 4) is 5.69 Å². The zero-order valence-electron chi connectivity index (χ0n) is 24.7. The molecule has 0 fully saturated rings. The lowest BCUT2D eigenvalue weighted by Gasteiger charge is -2.26. The Labute approximate surface area is 277 Å². The van der Waals surface area contributed by atoms with Gasteiger partial charge in [0.05, 0.1) is 28.5 Å². The fourth-order valence-electron chi connectivity index (χ4n) is 5.60. The van der Waals surface area contributed by atoms with Crippen LogP contribution in [0.25, 0.3) is 17.5 Å². The van der Waals surface area contributed by atoms with Gasteiger partial charge in [0, 0.05) is 31.1 Å². The highest BCUT2D eigenvalue weighted by Crippen LogP contribution is 2.35. The van der Waals surface area contributed by atoms with E-state index in [-0.39, 0.29) is 12.2 Å². The van der Waals surface area contributed by atoms with E-state index in [0.717, 1.165) is 38.7 Å². The summed E-state index contributed by atoms with van der Waals surface area (Å²) in [5, 5.41) is 0. The summed E-state index contributed by atoms with van der Waals surface area (Å²) in [6.07, 6.45) is 3.96. The van der Waals surface area contributed by atoms with Crippen LogP contribution in [0.2, 0.25) is 0 Å². The van der Waals surface area contributed by atoms with Crippen molar-refractivity contribution in [2.45, 2.75) is 31.7 Å². The molecule has 3 aromatic carbocycles. The predicted octanol–water partition coefficient (Wildman–Crippen LogP) is 6.67. The summed E-state index contributed by atoms with van der Waals surface area (Å²) in [5.74, 6) is -0.482. The molecule has 1 atom stereocenters. The van der Waals surface area contributed by atoms with Crippen molar-refractivity contribution in [2.75, 3.05) is 12.9 Å². The first-order chi connectivity index (χ1) is 21.3. The molecule has 0 unspecified atom stereocenters. The molecule has 5 aromatic rings. The largest absolute Gasteiger partial charge is 0.463 e. The maximum Gasteiger partial charge on any atom is 0.338 e. The summed E-state index contributed by atoms with van der Waals surface area (Å²) >= 11 is 5.28. The number of hydrogen-bond acceptors (Lipinski definition) is 6. The smallest absolute Gasteiger partial charge is 0.338 e. The van der Waals surface area contributed by atoms with E-state index < -0.39 is 12.0 Å². The second-order valence-electron chi connectivity index (χ2n) is 10.3. The minimum absolute atomic E-state index is 0.194. The van der Waals surface area contributed by atoms with Gasteiger partial charge in [0.25, 0.3) is 5.56 Å². The number of rotatable bonds is 7. The number of carbonyl (C=O) groups excluding carboxylic acids is 1. The van der Waals surface area contributed by atoms with Crippen molar-refractivity contribution in [3.05, 3.63) is 142 Å². The highest BCUT2D eigenvalue weighted by molar-refractivity contribution is 14.1. The van der Waals surface area contributed by atoms with Crippen LogP contribution in [0, 0.1) is 17.4 Å². The summed E-state index contributed by atoms with van der Waals surface area (Å²) in [7, 11) is 0. The number of fused-ring (bicyclic) bond motifs is 1. The standard InChI is InChI=1S/C35H30IN3O3S2/c1-5-42-34(41)30-31(23-9-7-6-8-10-23)37-35-39(32(30)24-11-17-28(43-4)18-12-24)33(40)29(44-35)20-25-19-21(2)38(22(25)3)27-15-13-26(36)14-16-27/h6-20,32H,5H2,1-4H3/b29-20-/t32-/m0/s1. The molecule has 1 aliphatic heterocycles. The second-order valence-corrected chi connectivity index (χ2v) is 13.5. The minimum atomic E-state index is -0.696. The third-order valence-corrected chi connectivity index (χ3v) is 10.1. The molecule has 3 heterocycles. The van der Waals surface area contributed by atoms with Crippen LogP contribution < -0.4 is 14.9 Å². The highest BCUT2D eigenvalue weighted by Gasteiger charge is 2.35. The first-order valence-corrected chi connectivity index (χ1v) is 17.3. The molecule has 44 heavy (non-hydrogen) atoms. The van der Waals surface area contributed by atoms with Gasteiger partial charge in [-0.25, -0.2) is 9.79 Å². The van der Waals surface area contributed by atoms with Gasteiger partial charge in [-0.05, 0) is 109 Å². The second kappa shape index (κ2) is 12.7. The number of nitrogens with zero attached hydrogens (tertiary/aromatic N) is 3. The Morgan fingerprint density at radius 1 is 1.05 bits per heavy atom. The third-order valence-electron chi connectivity index (χ3n) is 7.65. The van der Waals surface area contributed by atoms with Crippen molar-refractivity contribution in [1.82, 2.24) is 9.13 Å². The third kappa shape index (κ3) is 5.64. The van der Waals surface area contributed by atoms with Gasteiger partial charge in [0.1, 0.15) is 0 Å². The number of aromatic nitrogens is 2. The molecule has 2 aromatic heterocycles. The van der Waals surface area contributed by atoms with Gasteiger partial charge in [0.2, 0.25) is 0 Å². The fraction of sp³-hybridized carbons (Fsp3) is 0.171. The number of halogens is 1. The summed E-state index contributed by atoms with van der Waals surface area (Å²) in [5.41, 5.74) is 6.43. The van der Waals surface area contributed by atoms with E-state index in [2.05, 4.69) is 71.3 Å². The predicted molar refractivity (Wildman–Crippen MR) is 187 cm³/mol. The first-order valence-electron chi connectivity index (χ1n) is 14.2.